The van der Waals surface area contributed by atoms with Crippen LogP contribution in [0.15, 0.2) is 0 Å². The highest BCUT2D eigenvalue weighted by Gasteiger charge is 1.62. The summed E-state index contributed by atoms with van der Waals surface area (Å²) in [6, 6.07) is 0. The van der Waals surface area contributed by atoms with Crippen molar-refractivity contribution >= 4 is 0 Å². The second-order valence-electron chi connectivity index (χ2n) is 6.93. The first-order valence-corrected chi connectivity index (χ1v) is 14.1. The zero-order valence-electron chi connectivity index (χ0n) is 28.7. The molecule has 0 fully saturated rings. The van der Waals surface area contributed by atoms with Crippen LogP contribution >= 0.6 is 0 Å². The molecule has 0 atom stereocenters. The summed E-state index contributed by atoms with van der Waals surface area (Å²) < 4.78 is 0. The molecule has 230 valence electrons. The first-order valence-electron chi connectivity index (χ1n) is 14.1. The second kappa shape index (κ2) is 43.0. The predicted molar refractivity (Wildman–Crippen MR) is 221 cm³/mol. The Morgan fingerprint density at radius 3 is 0.321 bits per heavy atom. The number of rotatable bonds is 0. The van der Waals surface area contributed by atoms with Gasteiger partial charge in [0.2, 0.25) is 0 Å². The molecule has 0 spiro atoms. The van der Waals surface area contributed by atoms with Crippen LogP contribution in [0.25, 0.3) is 0 Å². The summed E-state index contributed by atoms with van der Waals surface area (Å²) in [5.41, 5.74) is 0. The van der Waals surface area contributed by atoms with E-state index in [0.29, 0.717) is 0 Å². The summed E-state index contributed by atoms with van der Waals surface area (Å²) >= 11 is 0. The fourth-order valence-corrected chi connectivity index (χ4v) is 1.67. The van der Waals surface area contributed by atoms with Crippen LogP contribution in [0.3, 0.4) is 0 Å². The van der Waals surface area contributed by atoms with Crippen LogP contribution < -0.4 is 0 Å². The predicted octanol–water partition coefficient (Wildman–Crippen LogP) is 0.932. The Labute approximate surface area is 332 Å². The summed E-state index contributed by atoms with van der Waals surface area (Å²) in [6.45, 7) is 5.00. The maximum atomic E-state index is 3.31. The zero-order chi connectivity index (χ0) is 40.2. The highest BCUT2D eigenvalue weighted by atomic mass is 13.6. The molecule has 56 heavy (non-hydrogen) atoms. The molecular weight excluding hydrogens is 673 g/mol. The van der Waals surface area contributed by atoms with Crippen molar-refractivity contribution in [1.82, 2.24) is 0 Å². The highest BCUT2D eigenvalue weighted by molar-refractivity contribution is 5.51. The Balaban J connectivity index is 4.57. The van der Waals surface area contributed by atoms with E-state index in [1.54, 1.807) is 6.92 Å². The monoisotopic (exact) mass is 677 g/mol. The van der Waals surface area contributed by atoms with Crippen molar-refractivity contribution in [1.29, 1.82) is 0 Å². The molecule has 0 bridgehead atoms. The minimum Gasteiger partial charge on any atom is -0.284 e. The fraction of sp³-hybridized carbons (Fsp3) is 0.0179. The molecule has 0 aliphatic rings. The van der Waals surface area contributed by atoms with Gasteiger partial charge in [-0.05, 0) is 102 Å². The van der Waals surface area contributed by atoms with Crippen molar-refractivity contribution in [3.05, 3.63) is 6.92 Å². The van der Waals surface area contributed by atoms with Crippen LogP contribution in [-0.2, 0) is 0 Å². The third kappa shape index (κ3) is 42.0. The molecule has 0 amide bonds. The molecule has 0 saturated carbocycles. The van der Waals surface area contributed by atoms with Gasteiger partial charge in [0, 0.05) is 201 Å². The van der Waals surface area contributed by atoms with Gasteiger partial charge < -0.3 is 0 Å². The third-order valence-corrected chi connectivity index (χ3v) is 3.40. The highest BCUT2D eigenvalue weighted by Crippen LogP contribution is 1.63. The van der Waals surface area contributed by atoms with E-state index in [4.69, 9.17) is 0 Å². The molecule has 0 aromatic heterocycles. The van der Waals surface area contributed by atoms with E-state index in [1.807, 2.05) is 0 Å². The Morgan fingerprint density at radius 1 is 0.143 bits per heavy atom. The van der Waals surface area contributed by atoms with E-state index in [9.17, 15) is 0 Å². The number of hydrogen-bond acceptors (Lipinski definition) is 0. The molecule has 0 aromatic rings. The normalized spacial score (nSPS) is 3.95. The van der Waals surface area contributed by atoms with Crippen molar-refractivity contribution in [3.63, 3.8) is 0 Å². The van der Waals surface area contributed by atoms with E-state index < -0.39 is 0 Å². The molecule has 0 aliphatic carbocycles. The van der Waals surface area contributed by atoms with E-state index >= 15 is 0 Å². The lowest BCUT2D eigenvalue weighted by atomic mass is 10.4. The summed E-state index contributed by atoms with van der Waals surface area (Å²) in [7, 11) is 0. The van der Waals surface area contributed by atoms with Gasteiger partial charge >= 0.3 is 0 Å². The summed E-state index contributed by atoms with van der Waals surface area (Å²) in [6.07, 6.45) is 0. The third-order valence-electron chi connectivity index (χ3n) is 3.40. The first kappa shape index (κ1) is 44.0. The maximum absolute atomic E-state index is 3.31. The van der Waals surface area contributed by atoms with Crippen LogP contribution in [0.2, 0.25) is 0 Å². The van der Waals surface area contributed by atoms with Gasteiger partial charge in [-0.25, -0.2) is 5.92 Å². The quantitative estimate of drug-likeness (QED) is 0.265. The minimum atomic E-state index is 1.69. The molecule has 0 heteroatoms. The Hall–Kier alpha value is -12.0. The topological polar surface area (TPSA) is 0 Å². The SMILES string of the molecule is [CH2-]C#CC#CC#CC#CC#CC#CC#CC#CC#CC#CC#CC#CC#CC#CC#CC#CC#CC#CC#CC#CC#CC#CC#CC#CC#CC#CC#CC. The van der Waals surface area contributed by atoms with Gasteiger partial charge in [0.25, 0.3) is 0 Å². The lowest BCUT2D eigenvalue weighted by Crippen LogP contribution is -1.57. The minimum absolute atomic E-state index is 1.69. The fourth-order valence-electron chi connectivity index (χ4n) is 1.67. The van der Waals surface area contributed by atoms with Gasteiger partial charge in [0.1, 0.15) is 0 Å². The smallest absolute Gasteiger partial charge is 0 e. The van der Waals surface area contributed by atoms with Gasteiger partial charge in [0.05, 0.1) is 0 Å². The summed E-state index contributed by atoms with van der Waals surface area (Å²) in [5, 5.41) is 0. The van der Waals surface area contributed by atoms with Crippen LogP contribution in [0.5, 0.6) is 0 Å². The second-order valence-corrected chi connectivity index (χ2v) is 6.93. The summed E-state index contributed by atoms with van der Waals surface area (Å²) in [4.78, 5) is 0. The number of hydrogen-bond donors (Lipinski definition) is 0. The van der Waals surface area contributed by atoms with E-state index in [-0.39, 0.29) is 0 Å². The molecule has 0 N–H and O–H groups in total. The zero-order valence-corrected chi connectivity index (χ0v) is 28.7. The molecule has 0 aromatic carbocycles. The molecule has 0 radical (unpaired) electrons. The van der Waals surface area contributed by atoms with Gasteiger partial charge in [-0.3, -0.25) is 5.92 Å². The molecule has 0 heterocycles. The largest absolute Gasteiger partial charge is 0.284 e. The van der Waals surface area contributed by atoms with E-state index in [1.165, 1.54) is 0 Å². The average molecular weight is 678 g/mol. The Bertz CT molecular complexity index is 3230. The molecular formula is C56H5-. The van der Waals surface area contributed by atoms with Gasteiger partial charge in [0.15, 0.2) is 0 Å². The first-order chi connectivity index (χ1) is 27.9. The standard InChI is InChI=1S/C56H5/c1-3-5-7-9-11-13-15-17-19-21-23-25-27-29-31-33-35-37-39-41-43-45-47-49-51-53-55-56-54-52-50-48-46-44-42-40-38-36-34-32-30-28-26-24-22-20-18-16-14-12-10-8-6-4-2/h1H2,2H3/q-1. The van der Waals surface area contributed by atoms with Crippen LogP contribution in [0, 0.1) is 327 Å². The average Bonchev–Trinajstić information content (AvgIpc) is 3.21. The van der Waals surface area contributed by atoms with Crippen molar-refractivity contribution in [3.8, 4) is 320 Å². The maximum Gasteiger partial charge on any atom is 0 e. The van der Waals surface area contributed by atoms with E-state index in [0.717, 1.165) is 0 Å². The molecule has 0 nitrogen and oxygen atoms in total. The lowest BCUT2D eigenvalue weighted by Gasteiger charge is -1.64. The van der Waals surface area contributed by atoms with Crippen molar-refractivity contribution < 1.29 is 0 Å². The Morgan fingerprint density at radius 2 is 0.232 bits per heavy atom. The summed E-state index contributed by atoms with van der Waals surface area (Å²) in [5.74, 6) is 135. The van der Waals surface area contributed by atoms with Crippen LogP contribution in [0.1, 0.15) is 6.92 Å². The van der Waals surface area contributed by atoms with Gasteiger partial charge in [-0.15, -0.1) is 5.92 Å². The van der Waals surface area contributed by atoms with E-state index in [2.05, 4.69) is 327 Å². The van der Waals surface area contributed by atoms with Crippen molar-refractivity contribution in [2.45, 2.75) is 6.92 Å². The molecule has 0 unspecified atom stereocenters. The van der Waals surface area contributed by atoms with Crippen LogP contribution in [-0.4, -0.2) is 0 Å². The van der Waals surface area contributed by atoms with Crippen LogP contribution in [0.4, 0.5) is 0 Å². The lowest BCUT2D eigenvalue weighted by molar-refractivity contribution is 1.92. The molecule has 0 aliphatic heterocycles. The van der Waals surface area contributed by atoms with Gasteiger partial charge in [-0.2, -0.15) is 6.92 Å². The van der Waals surface area contributed by atoms with Crippen molar-refractivity contribution in [2.75, 3.05) is 0 Å². The molecule has 0 rings (SSSR count). The van der Waals surface area contributed by atoms with Crippen molar-refractivity contribution in [2.24, 2.45) is 0 Å². The molecule has 0 saturated heterocycles. The Kier molecular flexibility index (Phi) is 33.8. The van der Waals surface area contributed by atoms with Gasteiger partial charge in [-0.1, -0.05) is 5.92 Å².